The quantitative estimate of drug-likeness (QED) is 0.470. The Morgan fingerprint density at radius 3 is 2.58 bits per heavy atom. The van der Waals surface area contributed by atoms with Gasteiger partial charge in [-0.15, -0.1) is 0 Å². The Bertz CT molecular complexity index is 747. The Morgan fingerprint density at radius 1 is 1.17 bits per heavy atom. The van der Waals surface area contributed by atoms with Gasteiger partial charge >= 0.3 is 0 Å². The molecule has 0 fully saturated rings. The molecular formula is C18H20N2O3S. The van der Waals surface area contributed by atoms with Gasteiger partial charge in [-0.1, -0.05) is 24.3 Å². The minimum Gasteiger partial charge on any atom is -0.351 e. The predicted molar refractivity (Wildman–Crippen MR) is 97.5 cm³/mol. The zero-order chi connectivity index (χ0) is 17.5. The van der Waals surface area contributed by atoms with Crippen LogP contribution in [0.5, 0.6) is 0 Å². The molecule has 24 heavy (non-hydrogen) atoms. The van der Waals surface area contributed by atoms with E-state index in [0.717, 1.165) is 11.5 Å². The van der Waals surface area contributed by atoms with Crippen molar-refractivity contribution in [3.05, 3.63) is 74.8 Å². The van der Waals surface area contributed by atoms with Crippen molar-refractivity contribution < 1.29 is 9.72 Å². The summed E-state index contributed by atoms with van der Waals surface area (Å²) in [5.41, 5.74) is 3.54. The Hall–Kier alpha value is -2.34. The summed E-state index contributed by atoms with van der Waals surface area (Å²) < 4.78 is 0. The fraction of sp³-hybridized carbons (Fsp3) is 0.278. The maximum atomic E-state index is 12.1. The van der Waals surface area contributed by atoms with Crippen LogP contribution in [0.25, 0.3) is 0 Å². The molecule has 1 N–H and O–H groups in total. The second-order valence-corrected chi connectivity index (χ2v) is 6.60. The molecule has 2 aromatic rings. The lowest BCUT2D eigenvalue weighted by atomic mass is 10.1. The van der Waals surface area contributed by atoms with Gasteiger partial charge in [0.2, 0.25) is 0 Å². The summed E-state index contributed by atoms with van der Waals surface area (Å²) in [7, 11) is 0. The molecule has 0 heterocycles. The van der Waals surface area contributed by atoms with Crippen LogP contribution < -0.4 is 5.32 Å². The van der Waals surface area contributed by atoms with Crippen molar-refractivity contribution in [3.63, 3.8) is 0 Å². The molecule has 0 bridgehead atoms. The second kappa shape index (κ2) is 8.49. The van der Waals surface area contributed by atoms with E-state index < -0.39 is 4.92 Å². The van der Waals surface area contributed by atoms with E-state index in [0.29, 0.717) is 17.7 Å². The maximum Gasteiger partial charge on any atom is 0.272 e. The molecule has 126 valence electrons. The number of nitro benzene ring substituents is 1. The minimum absolute atomic E-state index is 0.0281. The first-order valence-electron chi connectivity index (χ1n) is 7.64. The lowest BCUT2D eigenvalue weighted by Crippen LogP contribution is -2.25. The molecule has 1 amide bonds. The van der Waals surface area contributed by atoms with Gasteiger partial charge in [0, 0.05) is 35.2 Å². The number of nitro groups is 1. The number of thioether (sulfide) groups is 1. The molecule has 0 saturated carbocycles. The van der Waals surface area contributed by atoms with Crippen LogP contribution in [0, 0.1) is 24.0 Å². The van der Waals surface area contributed by atoms with Gasteiger partial charge in [-0.25, -0.2) is 0 Å². The zero-order valence-electron chi connectivity index (χ0n) is 13.7. The van der Waals surface area contributed by atoms with E-state index in [9.17, 15) is 14.9 Å². The summed E-state index contributed by atoms with van der Waals surface area (Å²) in [6, 6.07) is 12.7. The van der Waals surface area contributed by atoms with Crippen molar-refractivity contribution in [1.29, 1.82) is 0 Å². The van der Waals surface area contributed by atoms with Crippen LogP contribution in [0.2, 0.25) is 0 Å². The number of nitrogens with one attached hydrogen (secondary N) is 1. The molecule has 2 aromatic carbocycles. The van der Waals surface area contributed by atoms with Crippen LogP contribution in [0.15, 0.2) is 42.5 Å². The summed E-state index contributed by atoms with van der Waals surface area (Å²) in [5, 5.41) is 13.6. The van der Waals surface area contributed by atoms with Gasteiger partial charge in [-0.3, -0.25) is 14.9 Å². The normalized spacial score (nSPS) is 10.4. The van der Waals surface area contributed by atoms with Crippen LogP contribution in [0.3, 0.4) is 0 Å². The van der Waals surface area contributed by atoms with E-state index in [1.54, 1.807) is 24.8 Å². The first-order valence-corrected chi connectivity index (χ1v) is 8.80. The molecule has 2 rings (SSSR count). The first-order chi connectivity index (χ1) is 11.5. The smallest absolute Gasteiger partial charge is 0.272 e. The molecule has 0 atom stereocenters. The van der Waals surface area contributed by atoms with Gasteiger partial charge in [-0.2, -0.15) is 11.8 Å². The average Bonchev–Trinajstić information content (AvgIpc) is 2.55. The van der Waals surface area contributed by atoms with E-state index >= 15 is 0 Å². The van der Waals surface area contributed by atoms with Crippen molar-refractivity contribution >= 4 is 23.4 Å². The molecule has 0 aliphatic heterocycles. The molecule has 0 spiro atoms. The van der Waals surface area contributed by atoms with E-state index in [2.05, 4.69) is 24.4 Å². The van der Waals surface area contributed by atoms with Gasteiger partial charge < -0.3 is 5.32 Å². The van der Waals surface area contributed by atoms with E-state index in [4.69, 9.17) is 0 Å². The number of amides is 1. The van der Waals surface area contributed by atoms with Crippen molar-refractivity contribution in [2.24, 2.45) is 0 Å². The number of hydrogen-bond acceptors (Lipinski definition) is 4. The molecule has 6 heteroatoms. The Labute approximate surface area is 145 Å². The Kier molecular flexibility index (Phi) is 6.37. The van der Waals surface area contributed by atoms with Gasteiger partial charge in [-0.05, 0) is 37.1 Å². The minimum atomic E-state index is -0.445. The van der Waals surface area contributed by atoms with Crippen LogP contribution in [0.1, 0.15) is 27.0 Å². The standard InChI is InChI=1S/C18H20N2O3S/c1-13-5-3-4-6-16(13)12-24-10-9-19-18(21)15-7-8-17(20(22)23)14(2)11-15/h3-8,11H,9-10,12H2,1-2H3,(H,19,21). The fourth-order valence-corrected chi connectivity index (χ4v) is 3.23. The number of benzene rings is 2. The highest BCUT2D eigenvalue weighted by Crippen LogP contribution is 2.19. The van der Waals surface area contributed by atoms with Gasteiger partial charge in [0.05, 0.1) is 4.92 Å². The van der Waals surface area contributed by atoms with E-state index in [1.165, 1.54) is 23.3 Å². The summed E-state index contributed by atoms with van der Waals surface area (Å²) in [6.07, 6.45) is 0. The Morgan fingerprint density at radius 2 is 1.92 bits per heavy atom. The van der Waals surface area contributed by atoms with Gasteiger partial charge in [0.15, 0.2) is 0 Å². The zero-order valence-corrected chi connectivity index (χ0v) is 14.6. The predicted octanol–water partition coefficient (Wildman–Crippen LogP) is 3.87. The third-order valence-electron chi connectivity index (χ3n) is 3.71. The number of carbonyl (C=O) groups excluding carboxylic acids is 1. The lowest BCUT2D eigenvalue weighted by Gasteiger charge is -2.07. The summed E-state index contributed by atoms with van der Waals surface area (Å²) in [6.45, 7) is 4.28. The van der Waals surface area contributed by atoms with Crippen LogP contribution in [-0.4, -0.2) is 23.1 Å². The van der Waals surface area contributed by atoms with E-state index in [1.807, 2.05) is 12.1 Å². The highest BCUT2D eigenvalue weighted by Gasteiger charge is 2.13. The molecule has 0 saturated heterocycles. The van der Waals surface area contributed by atoms with Crippen molar-refractivity contribution in [3.8, 4) is 0 Å². The first kappa shape index (κ1) is 18.0. The summed E-state index contributed by atoms with van der Waals surface area (Å²) >= 11 is 1.76. The average molecular weight is 344 g/mol. The number of carbonyl (C=O) groups is 1. The summed E-state index contributed by atoms with van der Waals surface area (Å²) in [5.74, 6) is 1.52. The molecule has 0 aliphatic carbocycles. The van der Waals surface area contributed by atoms with Gasteiger partial charge in [0.1, 0.15) is 0 Å². The fourth-order valence-electron chi connectivity index (χ4n) is 2.29. The van der Waals surface area contributed by atoms with Gasteiger partial charge in [0.25, 0.3) is 11.6 Å². The van der Waals surface area contributed by atoms with Crippen LogP contribution >= 0.6 is 11.8 Å². The SMILES string of the molecule is Cc1ccccc1CSCCNC(=O)c1ccc([N+](=O)[O-])c(C)c1. The molecule has 5 nitrogen and oxygen atoms in total. The Balaban J connectivity index is 1.78. The molecule has 0 radical (unpaired) electrons. The molecule has 0 aromatic heterocycles. The molecular weight excluding hydrogens is 324 g/mol. The molecule has 0 unspecified atom stereocenters. The van der Waals surface area contributed by atoms with Crippen LogP contribution in [0.4, 0.5) is 5.69 Å². The number of hydrogen-bond donors (Lipinski definition) is 1. The van der Waals surface area contributed by atoms with Crippen molar-refractivity contribution in [1.82, 2.24) is 5.32 Å². The van der Waals surface area contributed by atoms with Crippen molar-refractivity contribution in [2.45, 2.75) is 19.6 Å². The number of nitrogens with zero attached hydrogens (tertiary/aromatic N) is 1. The van der Waals surface area contributed by atoms with E-state index in [-0.39, 0.29) is 11.6 Å². The highest BCUT2D eigenvalue weighted by atomic mass is 32.2. The number of rotatable bonds is 7. The lowest BCUT2D eigenvalue weighted by molar-refractivity contribution is -0.385. The third kappa shape index (κ3) is 4.83. The number of aryl methyl sites for hydroxylation is 2. The largest absolute Gasteiger partial charge is 0.351 e. The van der Waals surface area contributed by atoms with Crippen LogP contribution in [-0.2, 0) is 5.75 Å². The third-order valence-corrected chi connectivity index (χ3v) is 4.71. The summed E-state index contributed by atoms with van der Waals surface area (Å²) in [4.78, 5) is 22.4. The maximum absolute atomic E-state index is 12.1. The highest BCUT2D eigenvalue weighted by molar-refractivity contribution is 7.98. The monoisotopic (exact) mass is 344 g/mol. The second-order valence-electron chi connectivity index (χ2n) is 5.49. The molecule has 0 aliphatic rings. The van der Waals surface area contributed by atoms with Crippen molar-refractivity contribution in [2.75, 3.05) is 12.3 Å². The topological polar surface area (TPSA) is 72.2 Å².